The Hall–Kier alpha value is -2.23. The van der Waals surface area contributed by atoms with Gasteiger partial charge in [-0.3, -0.25) is 4.79 Å². The molecular weight excluding hydrogens is 260 g/mol. The lowest BCUT2D eigenvalue weighted by Crippen LogP contribution is -2.27. The van der Waals surface area contributed by atoms with Crippen molar-refractivity contribution < 1.29 is 13.6 Å². The normalized spacial score (nSPS) is 12.0. The minimum absolute atomic E-state index is 0.349. The van der Waals surface area contributed by atoms with Crippen LogP contribution in [-0.4, -0.2) is 5.91 Å². The molecule has 0 radical (unpaired) electrons. The Morgan fingerprint density at radius 1 is 1.15 bits per heavy atom. The lowest BCUT2D eigenvalue weighted by molar-refractivity contribution is 0.0938. The SMILES string of the molecule is Cc1cc(F)ccc1C(=O)NC(C)c1ccccc1F. The van der Waals surface area contributed by atoms with Crippen molar-refractivity contribution in [2.75, 3.05) is 0 Å². The standard InChI is InChI=1S/C16H15F2NO/c1-10-9-12(17)7-8-13(10)16(20)19-11(2)14-5-3-4-6-15(14)18/h3-9,11H,1-2H3,(H,19,20). The summed E-state index contributed by atoms with van der Waals surface area (Å²) in [5.41, 5.74) is 1.35. The van der Waals surface area contributed by atoms with Crippen LogP contribution in [0.3, 0.4) is 0 Å². The van der Waals surface area contributed by atoms with Crippen LogP contribution in [-0.2, 0) is 0 Å². The highest BCUT2D eigenvalue weighted by molar-refractivity contribution is 5.95. The average molecular weight is 275 g/mol. The minimum atomic E-state index is -0.465. The highest BCUT2D eigenvalue weighted by Gasteiger charge is 2.15. The molecule has 0 aliphatic carbocycles. The van der Waals surface area contributed by atoms with E-state index in [4.69, 9.17) is 0 Å². The molecule has 0 aliphatic heterocycles. The maximum atomic E-state index is 13.6. The van der Waals surface area contributed by atoms with Gasteiger partial charge >= 0.3 is 0 Å². The van der Waals surface area contributed by atoms with Crippen molar-refractivity contribution in [2.45, 2.75) is 19.9 Å². The molecule has 0 fully saturated rings. The molecule has 2 rings (SSSR count). The van der Waals surface area contributed by atoms with Gasteiger partial charge in [-0.15, -0.1) is 0 Å². The van der Waals surface area contributed by atoms with Crippen LogP contribution in [0.2, 0.25) is 0 Å². The van der Waals surface area contributed by atoms with Crippen LogP contribution >= 0.6 is 0 Å². The van der Waals surface area contributed by atoms with E-state index in [9.17, 15) is 13.6 Å². The first kappa shape index (κ1) is 14.2. The van der Waals surface area contributed by atoms with Crippen molar-refractivity contribution in [1.29, 1.82) is 0 Å². The van der Waals surface area contributed by atoms with Gasteiger partial charge in [0.05, 0.1) is 6.04 Å². The van der Waals surface area contributed by atoms with Gasteiger partial charge in [0, 0.05) is 11.1 Å². The Morgan fingerprint density at radius 2 is 1.85 bits per heavy atom. The number of rotatable bonds is 3. The first-order valence-corrected chi connectivity index (χ1v) is 6.30. The molecule has 1 amide bonds. The monoisotopic (exact) mass is 275 g/mol. The molecule has 2 aromatic carbocycles. The summed E-state index contributed by atoms with van der Waals surface area (Å²) in [4.78, 5) is 12.1. The van der Waals surface area contributed by atoms with Crippen molar-refractivity contribution in [3.63, 3.8) is 0 Å². The van der Waals surface area contributed by atoms with Crippen molar-refractivity contribution >= 4 is 5.91 Å². The summed E-state index contributed by atoms with van der Waals surface area (Å²) in [7, 11) is 0. The second-order valence-corrected chi connectivity index (χ2v) is 4.68. The lowest BCUT2D eigenvalue weighted by Gasteiger charge is -2.16. The number of carbonyl (C=O) groups excluding carboxylic acids is 1. The summed E-state index contributed by atoms with van der Waals surface area (Å²) in [6.07, 6.45) is 0. The van der Waals surface area contributed by atoms with Crippen LogP contribution in [0.1, 0.15) is 34.5 Å². The highest BCUT2D eigenvalue weighted by Crippen LogP contribution is 2.17. The summed E-state index contributed by atoms with van der Waals surface area (Å²) < 4.78 is 26.6. The van der Waals surface area contributed by atoms with E-state index in [-0.39, 0.29) is 17.5 Å². The van der Waals surface area contributed by atoms with E-state index >= 15 is 0 Å². The third-order valence-corrected chi connectivity index (χ3v) is 3.15. The Morgan fingerprint density at radius 3 is 2.50 bits per heavy atom. The molecule has 104 valence electrons. The van der Waals surface area contributed by atoms with E-state index in [2.05, 4.69) is 5.32 Å². The predicted molar refractivity (Wildman–Crippen MR) is 73.4 cm³/mol. The van der Waals surface area contributed by atoms with Crippen molar-refractivity contribution in [3.05, 3.63) is 70.8 Å². The summed E-state index contributed by atoms with van der Waals surface area (Å²) in [6, 6.07) is 9.76. The van der Waals surface area contributed by atoms with E-state index in [1.165, 1.54) is 24.3 Å². The molecule has 0 saturated heterocycles. The molecule has 1 N–H and O–H groups in total. The largest absolute Gasteiger partial charge is 0.345 e. The van der Waals surface area contributed by atoms with Crippen LogP contribution in [0.25, 0.3) is 0 Å². The fourth-order valence-electron chi connectivity index (χ4n) is 2.06. The Balaban J connectivity index is 2.17. The summed E-state index contributed by atoms with van der Waals surface area (Å²) in [6.45, 7) is 3.36. The number of aryl methyl sites for hydroxylation is 1. The molecule has 1 atom stereocenters. The molecule has 0 spiro atoms. The Labute approximate surface area is 116 Å². The molecule has 2 nitrogen and oxygen atoms in total. The maximum Gasteiger partial charge on any atom is 0.252 e. The highest BCUT2D eigenvalue weighted by atomic mass is 19.1. The molecule has 20 heavy (non-hydrogen) atoms. The van der Waals surface area contributed by atoms with Crippen LogP contribution < -0.4 is 5.32 Å². The van der Waals surface area contributed by atoms with Crippen LogP contribution in [0.4, 0.5) is 8.78 Å². The number of nitrogens with one attached hydrogen (secondary N) is 1. The van der Waals surface area contributed by atoms with E-state index in [0.29, 0.717) is 16.7 Å². The fourth-order valence-corrected chi connectivity index (χ4v) is 2.06. The minimum Gasteiger partial charge on any atom is -0.345 e. The second kappa shape index (κ2) is 5.82. The lowest BCUT2D eigenvalue weighted by atomic mass is 10.1. The van der Waals surface area contributed by atoms with Gasteiger partial charge in [0.25, 0.3) is 5.91 Å². The first-order chi connectivity index (χ1) is 9.49. The van der Waals surface area contributed by atoms with Gasteiger partial charge in [0.2, 0.25) is 0 Å². The number of hydrogen-bond acceptors (Lipinski definition) is 1. The van der Waals surface area contributed by atoms with Gasteiger partial charge in [-0.25, -0.2) is 8.78 Å². The van der Waals surface area contributed by atoms with E-state index in [1.807, 2.05) is 0 Å². The average Bonchev–Trinajstić information content (AvgIpc) is 2.38. The molecule has 0 saturated carbocycles. The predicted octanol–water partition coefficient (Wildman–Crippen LogP) is 3.76. The molecular formula is C16H15F2NO. The zero-order chi connectivity index (χ0) is 14.7. The zero-order valence-corrected chi connectivity index (χ0v) is 11.3. The van der Waals surface area contributed by atoms with Gasteiger partial charge in [0.1, 0.15) is 11.6 Å². The number of benzene rings is 2. The second-order valence-electron chi connectivity index (χ2n) is 4.68. The van der Waals surface area contributed by atoms with E-state index in [0.717, 1.165) is 0 Å². The molecule has 4 heteroatoms. The maximum absolute atomic E-state index is 13.6. The van der Waals surface area contributed by atoms with Gasteiger partial charge in [-0.2, -0.15) is 0 Å². The molecule has 0 heterocycles. The van der Waals surface area contributed by atoms with Gasteiger partial charge in [-0.1, -0.05) is 18.2 Å². The van der Waals surface area contributed by atoms with E-state index < -0.39 is 6.04 Å². The topological polar surface area (TPSA) is 29.1 Å². The van der Waals surface area contributed by atoms with E-state index in [1.54, 1.807) is 32.0 Å². The number of hydrogen-bond donors (Lipinski definition) is 1. The smallest absolute Gasteiger partial charge is 0.252 e. The molecule has 0 aromatic heterocycles. The van der Waals surface area contributed by atoms with Crippen molar-refractivity contribution in [2.24, 2.45) is 0 Å². The van der Waals surface area contributed by atoms with Crippen LogP contribution in [0, 0.1) is 18.6 Å². The Kier molecular flexibility index (Phi) is 4.13. The third-order valence-electron chi connectivity index (χ3n) is 3.15. The summed E-state index contributed by atoms with van der Waals surface area (Å²) in [5.74, 6) is -1.10. The third kappa shape index (κ3) is 3.02. The number of halogens is 2. The van der Waals surface area contributed by atoms with Crippen LogP contribution in [0.5, 0.6) is 0 Å². The molecule has 2 aromatic rings. The zero-order valence-electron chi connectivity index (χ0n) is 11.3. The molecule has 1 unspecified atom stereocenters. The van der Waals surface area contributed by atoms with Crippen molar-refractivity contribution in [1.82, 2.24) is 5.32 Å². The Bertz CT molecular complexity index is 640. The molecule has 0 aliphatic rings. The van der Waals surface area contributed by atoms with Gasteiger partial charge in [-0.05, 0) is 43.7 Å². The van der Waals surface area contributed by atoms with Crippen molar-refractivity contribution in [3.8, 4) is 0 Å². The first-order valence-electron chi connectivity index (χ1n) is 6.30. The quantitative estimate of drug-likeness (QED) is 0.907. The fraction of sp³-hybridized carbons (Fsp3) is 0.188. The number of carbonyl (C=O) groups is 1. The number of amides is 1. The summed E-state index contributed by atoms with van der Waals surface area (Å²) in [5, 5.41) is 2.71. The molecule has 0 bridgehead atoms. The van der Waals surface area contributed by atoms with Gasteiger partial charge < -0.3 is 5.32 Å². The summed E-state index contributed by atoms with van der Waals surface area (Å²) >= 11 is 0. The van der Waals surface area contributed by atoms with Crippen LogP contribution in [0.15, 0.2) is 42.5 Å². The van der Waals surface area contributed by atoms with Gasteiger partial charge in [0.15, 0.2) is 0 Å².